The van der Waals surface area contributed by atoms with Crippen LogP contribution in [0.3, 0.4) is 0 Å². The fourth-order valence-corrected chi connectivity index (χ4v) is 2.14. The Hall–Kier alpha value is -2.28. The minimum Gasteiger partial charge on any atom is -0.368 e. The normalized spacial score (nSPS) is 11.2. The number of halogens is 3. The fraction of sp³-hybridized carbons (Fsp3) is 0.0833. The highest BCUT2D eigenvalue weighted by Crippen LogP contribution is 2.19. The molecule has 0 fully saturated rings. The molecule has 2 heterocycles. The van der Waals surface area contributed by atoms with Gasteiger partial charge < -0.3 is 10.3 Å². The smallest absolute Gasteiger partial charge is 0.351 e. The van der Waals surface area contributed by atoms with E-state index in [0.29, 0.717) is 11.2 Å². The molecule has 0 aliphatic carbocycles. The van der Waals surface area contributed by atoms with Gasteiger partial charge in [0, 0.05) is 5.56 Å². The monoisotopic (exact) mass is 296 g/mol. The number of hydrogen-bond donors (Lipinski definition) is 1. The second kappa shape index (κ2) is 4.68. The highest BCUT2D eigenvalue weighted by molar-refractivity contribution is 5.73. The third-order valence-electron chi connectivity index (χ3n) is 2.84. The molecule has 0 radical (unpaired) electrons. The molecular weight excluding hydrogens is 288 g/mol. The molecule has 0 saturated carbocycles. The standard InChI is InChI=1S/C12H9ClF2N5/c13-10-9-11(19-12(16)18-10)20(5-17-9)4-6-7(14)2-1-3-8(6)15/h1-3,5,13H,4H2,(H2,16,18,19)/q+1. The Morgan fingerprint density at radius 3 is 2.60 bits per heavy atom. The molecule has 0 saturated heterocycles. The molecule has 2 N–H and O–H groups in total. The zero-order chi connectivity index (χ0) is 14.3. The van der Waals surface area contributed by atoms with E-state index in [2.05, 4.69) is 15.0 Å². The van der Waals surface area contributed by atoms with Gasteiger partial charge in [0.25, 0.3) is 0 Å². The molecule has 8 heteroatoms. The first-order chi connectivity index (χ1) is 9.56. The second-order valence-electron chi connectivity index (χ2n) is 4.13. The number of aromatic nitrogens is 4. The van der Waals surface area contributed by atoms with Crippen LogP contribution in [0.5, 0.6) is 0 Å². The summed E-state index contributed by atoms with van der Waals surface area (Å²) in [5.41, 5.74) is 6.19. The highest BCUT2D eigenvalue weighted by Gasteiger charge is 2.17. The summed E-state index contributed by atoms with van der Waals surface area (Å²) in [5, 5.41) is 0.209. The lowest BCUT2D eigenvalue weighted by Crippen LogP contribution is -2.06. The Labute approximate surface area is 117 Å². The zero-order valence-corrected chi connectivity index (χ0v) is 10.9. The Balaban J connectivity index is 2.12. The number of fused-ring (bicyclic) bond motifs is 1. The largest absolute Gasteiger partial charge is 0.368 e. The predicted molar refractivity (Wildman–Crippen MR) is 65.7 cm³/mol. The third-order valence-corrected chi connectivity index (χ3v) is 3.12. The lowest BCUT2D eigenvalue weighted by atomic mass is 10.2. The SMILES string of the molecule is Nc1nc([ClH+])c2ncn(Cc3c(F)cccc3F)c2n1. The number of imidazole rings is 1. The van der Waals surface area contributed by atoms with Crippen molar-refractivity contribution in [2.75, 3.05) is 5.73 Å². The van der Waals surface area contributed by atoms with Crippen molar-refractivity contribution in [3.63, 3.8) is 0 Å². The van der Waals surface area contributed by atoms with Gasteiger partial charge in [-0.05, 0) is 12.1 Å². The van der Waals surface area contributed by atoms with Crippen molar-refractivity contribution < 1.29 is 20.4 Å². The van der Waals surface area contributed by atoms with Gasteiger partial charge in [0.2, 0.25) is 5.95 Å². The van der Waals surface area contributed by atoms with Gasteiger partial charge in [0.05, 0.1) is 12.9 Å². The molecule has 1 aromatic carbocycles. The van der Waals surface area contributed by atoms with Crippen molar-refractivity contribution in [1.29, 1.82) is 0 Å². The van der Waals surface area contributed by atoms with Crippen molar-refractivity contribution in [1.82, 2.24) is 19.5 Å². The maximum Gasteiger partial charge on any atom is 0.351 e. The van der Waals surface area contributed by atoms with E-state index in [0.717, 1.165) is 0 Å². The minimum atomic E-state index is -0.632. The van der Waals surface area contributed by atoms with Crippen LogP contribution < -0.4 is 5.73 Å². The molecule has 0 aliphatic rings. The number of benzene rings is 1. The molecule has 0 unspecified atom stereocenters. The van der Waals surface area contributed by atoms with Crippen molar-refractivity contribution in [3.8, 4) is 0 Å². The number of nitrogen functional groups attached to an aromatic ring is 1. The number of nitrogens with zero attached hydrogens (tertiary/aromatic N) is 4. The van der Waals surface area contributed by atoms with Gasteiger partial charge in [-0.1, -0.05) is 6.07 Å². The Morgan fingerprint density at radius 1 is 1.20 bits per heavy atom. The van der Waals surface area contributed by atoms with E-state index >= 15 is 0 Å². The van der Waals surface area contributed by atoms with Gasteiger partial charge in [-0.25, -0.2) is 13.8 Å². The molecule has 20 heavy (non-hydrogen) atoms. The Morgan fingerprint density at radius 2 is 1.90 bits per heavy atom. The van der Waals surface area contributed by atoms with Crippen molar-refractivity contribution >= 4 is 17.1 Å². The van der Waals surface area contributed by atoms with Crippen LogP contribution in [-0.2, 0) is 6.54 Å². The highest BCUT2D eigenvalue weighted by atomic mass is 35.5. The Kier molecular flexibility index (Phi) is 2.98. The molecule has 0 bridgehead atoms. The fourth-order valence-electron chi connectivity index (χ4n) is 1.90. The van der Waals surface area contributed by atoms with Gasteiger partial charge in [-0.3, -0.25) is 0 Å². The van der Waals surface area contributed by atoms with Crippen LogP contribution in [0.25, 0.3) is 11.2 Å². The molecular formula is C12H9ClF2N5+. The van der Waals surface area contributed by atoms with Gasteiger partial charge >= 0.3 is 5.15 Å². The van der Waals surface area contributed by atoms with Crippen LogP contribution in [0.2, 0.25) is 5.15 Å². The van der Waals surface area contributed by atoms with Crippen LogP contribution in [0, 0.1) is 23.2 Å². The van der Waals surface area contributed by atoms with Crippen LogP contribution >= 0.6 is 0 Å². The summed E-state index contributed by atoms with van der Waals surface area (Å²) >= 11 is 5.02. The maximum absolute atomic E-state index is 13.6. The van der Waals surface area contributed by atoms with E-state index in [1.54, 1.807) is 0 Å². The predicted octanol–water partition coefficient (Wildman–Crippen LogP) is 1.43. The molecule has 2 aromatic heterocycles. The summed E-state index contributed by atoms with van der Waals surface area (Å²) < 4.78 is 28.8. The number of rotatable bonds is 2. The van der Waals surface area contributed by atoms with E-state index < -0.39 is 11.6 Å². The van der Waals surface area contributed by atoms with Gasteiger partial charge in [0.1, 0.15) is 11.6 Å². The topological polar surface area (TPSA) is 69.6 Å². The summed E-state index contributed by atoms with van der Waals surface area (Å²) in [4.78, 5) is 11.9. The van der Waals surface area contributed by atoms with Crippen LogP contribution in [0.4, 0.5) is 14.7 Å². The van der Waals surface area contributed by atoms with Crippen LogP contribution in [0.15, 0.2) is 24.5 Å². The van der Waals surface area contributed by atoms with Gasteiger partial charge in [-0.2, -0.15) is 9.97 Å². The lowest BCUT2D eigenvalue weighted by Gasteiger charge is -2.06. The maximum atomic E-state index is 13.6. The summed E-state index contributed by atoms with van der Waals surface area (Å²) in [6.07, 6.45) is 1.40. The first kappa shape index (κ1) is 12.7. The summed E-state index contributed by atoms with van der Waals surface area (Å²) in [7, 11) is 0. The molecule has 0 amide bonds. The van der Waals surface area contributed by atoms with E-state index in [-0.39, 0.29) is 23.2 Å². The minimum absolute atomic E-state index is 0.00162. The molecule has 5 nitrogen and oxygen atoms in total. The number of nitrogens with two attached hydrogens (primary N) is 1. The zero-order valence-electron chi connectivity index (χ0n) is 10.0. The van der Waals surface area contributed by atoms with Crippen molar-refractivity contribution in [2.45, 2.75) is 6.54 Å². The molecule has 0 atom stereocenters. The molecule has 102 valence electrons. The molecule has 3 rings (SSSR count). The van der Waals surface area contributed by atoms with Gasteiger partial charge in [-0.15, -0.1) is 0 Å². The van der Waals surface area contributed by atoms with Crippen molar-refractivity contribution in [3.05, 3.63) is 46.9 Å². The number of anilines is 1. The summed E-state index contributed by atoms with van der Waals surface area (Å²) in [6, 6.07) is 3.69. The molecule has 0 spiro atoms. The number of hydrogen-bond acceptors (Lipinski definition) is 4. The summed E-state index contributed by atoms with van der Waals surface area (Å²) in [6.45, 7) is -0.0553. The molecule has 0 aliphatic heterocycles. The van der Waals surface area contributed by atoms with Gasteiger partial charge in [0.15, 0.2) is 22.8 Å². The summed E-state index contributed by atoms with van der Waals surface area (Å²) in [5.74, 6) is -1.27. The Bertz CT molecular complexity index is 782. The first-order valence-corrected chi connectivity index (χ1v) is 6.05. The van der Waals surface area contributed by atoms with Crippen molar-refractivity contribution in [2.24, 2.45) is 0 Å². The average molecular weight is 297 g/mol. The quantitative estimate of drug-likeness (QED) is 0.726. The third kappa shape index (κ3) is 2.05. The second-order valence-corrected chi connectivity index (χ2v) is 4.52. The average Bonchev–Trinajstić information content (AvgIpc) is 2.77. The van der Waals surface area contributed by atoms with E-state index in [9.17, 15) is 8.78 Å². The van der Waals surface area contributed by atoms with E-state index in [4.69, 9.17) is 17.3 Å². The van der Waals surface area contributed by atoms with E-state index in [1.165, 1.54) is 29.1 Å². The van der Waals surface area contributed by atoms with Crippen LogP contribution in [-0.4, -0.2) is 19.5 Å². The van der Waals surface area contributed by atoms with E-state index in [1.807, 2.05) is 0 Å². The lowest BCUT2D eigenvalue weighted by molar-refractivity contribution is -0.293. The molecule has 3 aromatic rings. The first-order valence-electron chi connectivity index (χ1n) is 5.64. The van der Waals surface area contributed by atoms with Crippen LogP contribution in [0.1, 0.15) is 5.56 Å².